The Hall–Kier alpha value is -2.28. The molecular formula is C18H20F3N3S. The van der Waals surface area contributed by atoms with Crippen molar-refractivity contribution in [1.29, 1.82) is 0 Å². The second-order valence-electron chi connectivity index (χ2n) is 5.57. The summed E-state index contributed by atoms with van der Waals surface area (Å²) < 4.78 is 38.1. The SMILES string of the molecule is CN(CCCNC(=S)Nc1cccc(C(F)(F)F)c1)c1ccccc1. The van der Waals surface area contributed by atoms with Gasteiger partial charge in [0.05, 0.1) is 5.56 Å². The Balaban J connectivity index is 1.74. The van der Waals surface area contributed by atoms with E-state index in [2.05, 4.69) is 15.5 Å². The minimum absolute atomic E-state index is 0.307. The predicted molar refractivity (Wildman–Crippen MR) is 100.0 cm³/mol. The molecule has 0 aromatic heterocycles. The maximum absolute atomic E-state index is 12.7. The van der Waals surface area contributed by atoms with Crippen molar-refractivity contribution in [2.24, 2.45) is 0 Å². The van der Waals surface area contributed by atoms with Gasteiger partial charge in [0.2, 0.25) is 0 Å². The Kier molecular flexibility index (Phi) is 6.64. The fraction of sp³-hybridized carbons (Fsp3) is 0.278. The minimum atomic E-state index is -4.37. The van der Waals surface area contributed by atoms with Crippen molar-refractivity contribution in [3.8, 4) is 0 Å². The number of benzene rings is 2. The molecule has 0 radical (unpaired) electrons. The summed E-state index contributed by atoms with van der Waals surface area (Å²) in [6.07, 6.45) is -3.52. The Morgan fingerprint density at radius 1 is 1.08 bits per heavy atom. The van der Waals surface area contributed by atoms with Crippen LogP contribution in [0.3, 0.4) is 0 Å². The molecule has 7 heteroatoms. The van der Waals surface area contributed by atoms with Crippen molar-refractivity contribution in [3.05, 3.63) is 60.2 Å². The molecule has 0 bridgehead atoms. The molecule has 2 rings (SSSR count). The number of anilines is 2. The number of hydrogen-bond acceptors (Lipinski definition) is 2. The van der Waals surface area contributed by atoms with Crippen LogP contribution in [0.5, 0.6) is 0 Å². The Morgan fingerprint density at radius 2 is 1.80 bits per heavy atom. The van der Waals surface area contributed by atoms with Crippen LogP contribution in [0.4, 0.5) is 24.5 Å². The van der Waals surface area contributed by atoms with Gasteiger partial charge in [-0.25, -0.2) is 0 Å². The van der Waals surface area contributed by atoms with Gasteiger partial charge in [0.15, 0.2) is 5.11 Å². The zero-order valence-corrected chi connectivity index (χ0v) is 14.6. The molecule has 0 aliphatic carbocycles. The molecule has 0 aliphatic rings. The molecule has 2 N–H and O–H groups in total. The van der Waals surface area contributed by atoms with Crippen LogP contribution in [0.25, 0.3) is 0 Å². The molecule has 0 amide bonds. The Labute approximate surface area is 150 Å². The third-order valence-corrected chi connectivity index (χ3v) is 3.85. The molecule has 0 saturated carbocycles. The van der Waals surface area contributed by atoms with Crippen LogP contribution in [0.2, 0.25) is 0 Å². The minimum Gasteiger partial charge on any atom is -0.375 e. The fourth-order valence-corrected chi connectivity index (χ4v) is 2.50. The quantitative estimate of drug-likeness (QED) is 0.580. The van der Waals surface area contributed by atoms with Gasteiger partial charge in [-0.2, -0.15) is 13.2 Å². The number of halogens is 3. The number of alkyl halides is 3. The maximum Gasteiger partial charge on any atom is 0.416 e. The molecule has 2 aromatic carbocycles. The lowest BCUT2D eigenvalue weighted by atomic mass is 10.2. The van der Waals surface area contributed by atoms with Crippen LogP contribution in [-0.2, 0) is 6.18 Å². The van der Waals surface area contributed by atoms with Crippen LogP contribution in [0.1, 0.15) is 12.0 Å². The van der Waals surface area contributed by atoms with Crippen LogP contribution in [-0.4, -0.2) is 25.2 Å². The topological polar surface area (TPSA) is 27.3 Å². The number of nitrogens with zero attached hydrogens (tertiary/aromatic N) is 1. The summed E-state index contributed by atoms with van der Waals surface area (Å²) in [6, 6.07) is 15.0. The Morgan fingerprint density at radius 3 is 2.48 bits per heavy atom. The molecule has 25 heavy (non-hydrogen) atoms. The van der Waals surface area contributed by atoms with Gasteiger partial charge < -0.3 is 15.5 Å². The highest BCUT2D eigenvalue weighted by Gasteiger charge is 2.30. The zero-order valence-electron chi connectivity index (χ0n) is 13.8. The van der Waals surface area contributed by atoms with E-state index in [1.807, 2.05) is 37.4 Å². The van der Waals surface area contributed by atoms with Gasteiger partial charge in [0.1, 0.15) is 0 Å². The number of rotatable bonds is 6. The monoisotopic (exact) mass is 367 g/mol. The summed E-state index contributed by atoms with van der Waals surface area (Å²) in [4.78, 5) is 2.13. The molecule has 3 nitrogen and oxygen atoms in total. The first kappa shape index (κ1) is 19.1. The van der Waals surface area contributed by atoms with E-state index in [0.29, 0.717) is 17.3 Å². The van der Waals surface area contributed by atoms with Crippen molar-refractivity contribution in [1.82, 2.24) is 5.32 Å². The highest BCUT2D eigenvalue weighted by Crippen LogP contribution is 2.30. The van der Waals surface area contributed by atoms with Gasteiger partial charge in [-0.05, 0) is 49.0 Å². The molecule has 134 valence electrons. The lowest BCUT2D eigenvalue weighted by Gasteiger charge is -2.19. The van der Waals surface area contributed by atoms with Crippen LogP contribution in [0.15, 0.2) is 54.6 Å². The van der Waals surface area contributed by atoms with E-state index >= 15 is 0 Å². The summed E-state index contributed by atoms with van der Waals surface area (Å²) in [5, 5.41) is 6.10. The molecule has 0 atom stereocenters. The van der Waals surface area contributed by atoms with Gasteiger partial charge in [0.25, 0.3) is 0 Å². The van der Waals surface area contributed by atoms with E-state index in [1.165, 1.54) is 6.07 Å². The summed E-state index contributed by atoms with van der Waals surface area (Å²) in [5.74, 6) is 0. The zero-order chi connectivity index (χ0) is 18.3. The van der Waals surface area contributed by atoms with Crippen LogP contribution >= 0.6 is 12.2 Å². The summed E-state index contributed by atoms with van der Waals surface area (Å²) >= 11 is 5.13. The van der Waals surface area contributed by atoms with E-state index < -0.39 is 11.7 Å². The van der Waals surface area contributed by atoms with E-state index in [0.717, 1.165) is 30.8 Å². The van der Waals surface area contributed by atoms with Crippen molar-refractivity contribution in [2.75, 3.05) is 30.4 Å². The fourth-order valence-electron chi connectivity index (χ4n) is 2.28. The second kappa shape index (κ2) is 8.71. The maximum atomic E-state index is 12.7. The molecule has 2 aromatic rings. The number of para-hydroxylation sites is 1. The molecule has 0 aliphatic heterocycles. The normalized spacial score (nSPS) is 11.0. The third-order valence-electron chi connectivity index (χ3n) is 3.60. The smallest absolute Gasteiger partial charge is 0.375 e. The highest BCUT2D eigenvalue weighted by molar-refractivity contribution is 7.80. The van der Waals surface area contributed by atoms with Crippen molar-refractivity contribution in [2.45, 2.75) is 12.6 Å². The van der Waals surface area contributed by atoms with E-state index in [-0.39, 0.29) is 0 Å². The lowest BCUT2D eigenvalue weighted by molar-refractivity contribution is -0.137. The first-order valence-corrected chi connectivity index (χ1v) is 8.25. The Bertz CT molecular complexity index is 689. The standard InChI is InChI=1S/C18H20F3N3S/c1-24(16-9-3-2-4-10-16)12-6-11-22-17(25)23-15-8-5-7-14(13-15)18(19,20)21/h2-5,7-10,13H,6,11-12H2,1H3,(H2,22,23,25). The molecule has 0 heterocycles. The van der Waals surface area contributed by atoms with Crippen LogP contribution in [0, 0.1) is 0 Å². The number of hydrogen-bond donors (Lipinski definition) is 2. The van der Waals surface area contributed by atoms with E-state index in [9.17, 15) is 13.2 Å². The number of thiocarbonyl (C=S) groups is 1. The van der Waals surface area contributed by atoms with E-state index in [1.54, 1.807) is 6.07 Å². The molecule has 0 saturated heterocycles. The van der Waals surface area contributed by atoms with Crippen molar-refractivity contribution < 1.29 is 13.2 Å². The third kappa shape index (κ3) is 6.26. The first-order chi connectivity index (χ1) is 11.9. The summed E-state index contributed by atoms with van der Waals surface area (Å²) in [6.45, 7) is 1.46. The lowest BCUT2D eigenvalue weighted by Crippen LogP contribution is -2.31. The van der Waals surface area contributed by atoms with Gasteiger partial charge in [-0.1, -0.05) is 24.3 Å². The first-order valence-electron chi connectivity index (χ1n) is 7.84. The van der Waals surface area contributed by atoms with Gasteiger partial charge in [0, 0.05) is 31.5 Å². The number of nitrogens with one attached hydrogen (secondary N) is 2. The molecular weight excluding hydrogens is 347 g/mol. The van der Waals surface area contributed by atoms with E-state index in [4.69, 9.17) is 12.2 Å². The summed E-state index contributed by atoms with van der Waals surface area (Å²) in [7, 11) is 2.01. The molecule has 0 fully saturated rings. The summed E-state index contributed by atoms with van der Waals surface area (Å²) in [5.41, 5.74) is 0.741. The average Bonchev–Trinajstić information content (AvgIpc) is 2.59. The van der Waals surface area contributed by atoms with Gasteiger partial charge in [-0.3, -0.25) is 0 Å². The van der Waals surface area contributed by atoms with Crippen LogP contribution < -0.4 is 15.5 Å². The predicted octanol–water partition coefficient (Wildman–Crippen LogP) is 4.52. The largest absolute Gasteiger partial charge is 0.416 e. The second-order valence-corrected chi connectivity index (χ2v) is 5.98. The highest BCUT2D eigenvalue weighted by atomic mass is 32.1. The van der Waals surface area contributed by atoms with Crippen molar-refractivity contribution >= 4 is 28.7 Å². The van der Waals surface area contributed by atoms with Gasteiger partial charge >= 0.3 is 6.18 Å². The van der Waals surface area contributed by atoms with Crippen molar-refractivity contribution in [3.63, 3.8) is 0 Å². The van der Waals surface area contributed by atoms with Gasteiger partial charge in [-0.15, -0.1) is 0 Å². The molecule has 0 spiro atoms. The molecule has 0 unspecified atom stereocenters. The average molecular weight is 367 g/mol.